The largest absolute Gasteiger partial charge is 0.460 e. The van der Waals surface area contributed by atoms with Crippen LogP contribution >= 0.6 is 0 Å². The van der Waals surface area contributed by atoms with Crippen LogP contribution in [-0.4, -0.2) is 6.29 Å². The lowest BCUT2D eigenvalue weighted by Gasteiger charge is -2.02. The van der Waals surface area contributed by atoms with E-state index in [9.17, 15) is 4.79 Å². The molecule has 0 amide bonds. The number of carbonyl (C=O) groups excluding carboxylic acids is 1. The van der Waals surface area contributed by atoms with Crippen molar-refractivity contribution in [2.75, 3.05) is 0 Å². The molecule has 4 rings (SSSR count). The lowest BCUT2D eigenvalue weighted by Crippen LogP contribution is -1.98. The summed E-state index contributed by atoms with van der Waals surface area (Å²) in [7, 11) is 0. The van der Waals surface area contributed by atoms with Crippen molar-refractivity contribution in [3.05, 3.63) is 72.2 Å². The van der Waals surface area contributed by atoms with Crippen molar-refractivity contribution in [1.29, 1.82) is 0 Å². The Morgan fingerprint density at radius 3 is 1.67 bits per heavy atom. The summed E-state index contributed by atoms with van der Waals surface area (Å²) in [5, 5.41) is 1.96. The minimum atomic E-state index is -0.523. The maximum Gasteiger partial charge on any atom is 0.138 e. The number of benzene rings is 2. The highest BCUT2D eigenvalue weighted by Crippen LogP contribution is 2.31. The third-order valence-corrected chi connectivity index (χ3v) is 3.64. The Kier molecular flexibility index (Phi) is 2.64. The van der Waals surface area contributed by atoms with Gasteiger partial charge < -0.3 is 13.6 Å². The number of carbonyl (C=O) groups is 1. The average Bonchev–Trinajstić information content (AvgIpc) is 3.11. The number of hydrogen-bond acceptors (Lipinski definition) is 3. The highest BCUT2D eigenvalue weighted by Gasteiger charge is 2.21. The van der Waals surface area contributed by atoms with Crippen molar-refractivity contribution in [3.8, 4) is 0 Å². The first-order valence-corrected chi connectivity index (χ1v) is 6.77. The fourth-order valence-corrected chi connectivity index (χ4v) is 2.59. The minimum absolute atomic E-state index is 0.523. The van der Waals surface area contributed by atoms with E-state index in [1.807, 2.05) is 60.7 Å². The molecule has 0 aliphatic heterocycles. The molecule has 0 unspecified atom stereocenters. The van der Waals surface area contributed by atoms with Gasteiger partial charge in [-0.2, -0.15) is 0 Å². The topological polar surface area (TPSA) is 43.4 Å². The Bertz CT molecular complexity index is 790. The molecule has 2 aromatic heterocycles. The van der Waals surface area contributed by atoms with Crippen LogP contribution in [0.5, 0.6) is 0 Å². The molecule has 0 fully saturated rings. The molecule has 0 atom stereocenters. The lowest BCUT2D eigenvalue weighted by molar-refractivity contribution is -0.108. The molecular weight excluding hydrogens is 264 g/mol. The molecule has 0 N–H and O–H groups in total. The van der Waals surface area contributed by atoms with E-state index >= 15 is 0 Å². The van der Waals surface area contributed by atoms with Gasteiger partial charge in [0.05, 0.1) is 0 Å². The second-order valence-electron chi connectivity index (χ2n) is 4.99. The molecule has 2 heterocycles. The van der Waals surface area contributed by atoms with Crippen molar-refractivity contribution in [2.45, 2.75) is 5.92 Å². The molecule has 4 aromatic rings. The summed E-state index contributed by atoms with van der Waals surface area (Å²) < 4.78 is 11.6. The fourth-order valence-electron chi connectivity index (χ4n) is 2.59. The normalized spacial score (nSPS) is 11.5. The molecule has 0 radical (unpaired) electrons. The van der Waals surface area contributed by atoms with Crippen LogP contribution in [0.25, 0.3) is 21.9 Å². The van der Waals surface area contributed by atoms with Crippen molar-refractivity contribution >= 4 is 28.2 Å². The Labute approximate surface area is 120 Å². The quantitative estimate of drug-likeness (QED) is 0.517. The van der Waals surface area contributed by atoms with Gasteiger partial charge in [0.15, 0.2) is 0 Å². The van der Waals surface area contributed by atoms with Crippen LogP contribution in [0, 0.1) is 0 Å². The van der Waals surface area contributed by atoms with Crippen LogP contribution in [-0.2, 0) is 4.79 Å². The molecule has 0 saturated carbocycles. The van der Waals surface area contributed by atoms with Gasteiger partial charge >= 0.3 is 0 Å². The monoisotopic (exact) mass is 276 g/mol. The summed E-state index contributed by atoms with van der Waals surface area (Å²) in [5.74, 6) is 0.681. The van der Waals surface area contributed by atoms with E-state index in [2.05, 4.69) is 0 Å². The van der Waals surface area contributed by atoms with Crippen LogP contribution in [0.4, 0.5) is 0 Å². The van der Waals surface area contributed by atoms with E-state index in [4.69, 9.17) is 8.83 Å². The highest BCUT2D eigenvalue weighted by atomic mass is 16.4. The van der Waals surface area contributed by atoms with Crippen LogP contribution in [0.15, 0.2) is 69.5 Å². The number of hydrogen-bond donors (Lipinski definition) is 0. The summed E-state index contributed by atoms with van der Waals surface area (Å²) in [6, 6.07) is 19.2. The van der Waals surface area contributed by atoms with Crippen LogP contribution in [0.2, 0.25) is 0 Å². The second-order valence-corrected chi connectivity index (χ2v) is 4.99. The van der Waals surface area contributed by atoms with Crippen LogP contribution in [0.3, 0.4) is 0 Å². The maximum absolute atomic E-state index is 11.5. The van der Waals surface area contributed by atoms with E-state index in [0.29, 0.717) is 11.5 Å². The van der Waals surface area contributed by atoms with Crippen molar-refractivity contribution < 1.29 is 13.6 Å². The number of para-hydroxylation sites is 2. The molecular formula is C18H12O3. The summed E-state index contributed by atoms with van der Waals surface area (Å²) in [6.45, 7) is 0. The van der Waals surface area contributed by atoms with Gasteiger partial charge in [-0.15, -0.1) is 0 Å². The first-order chi connectivity index (χ1) is 10.3. The third kappa shape index (κ3) is 1.94. The van der Waals surface area contributed by atoms with E-state index in [1.165, 1.54) is 0 Å². The molecule has 0 aliphatic rings. The van der Waals surface area contributed by atoms with Gasteiger partial charge in [0.25, 0.3) is 0 Å². The minimum Gasteiger partial charge on any atom is -0.460 e. The molecule has 2 aromatic carbocycles. The first-order valence-electron chi connectivity index (χ1n) is 6.77. The van der Waals surface area contributed by atoms with Gasteiger partial charge in [-0.05, 0) is 24.3 Å². The third-order valence-electron chi connectivity index (χ3n) is 3.64. The van der Waals surface area contributed by atoms with Crippen LogP contribution < -0.4 is 0 Å². The fraction of sp³-hybridized carbons (Fsp3) is 0.0556. The van der Waals surface area contributed by atoms with Crippen LogP contribution in [0.1, 0.15) is 17.4 Å². The number of fused-ring (bicyclic) bond motifs is 2. The Morgan fingerprint density at radius 2 is 1.24 bits per heavy atom. The molecule has 0 saturated heterocycles. The van der Waals surface area contributed by atoms with Gasteiger partial charge in [0.1, 0.15) is 34.9 Å². The average molecular weight is 276 g/mol. The van der Waals surface area contributed by atoms with Crippen molar-refractivity contribution in [2.24, 2.45) is 0 Å². The SMILES string of the molecule is O=CC(c1cc2ccccc2o1)c1cc2ccccc2o1. The Balaban J connectivity index is 1.84. The number of rotatable bonds is 3. The molecule has 0 spiro atoms. The van der Waals surface area contributed by atoms with Gasteiger partial charge in [-0.3, -0.25) is 0 Å². The smallest absolute Gasteiger partial charge is 0.138 e. The lowest BCUT2D eigenvalue weighted by atomic mass is 10.0. The predicted octanol–water partition coefficient (Wildman–Crippen LogP) is 4.51. The van der Waals surface area contributed by atoms with Gasteiger partial charge in [0, 0.05) is 10.8 Å². The molecule has 21 heavy (non-hydrogen) atoms. The standard InChI is InChI=1S/C18H12O3/c19-11-14(17-9-12-5-1-3-7-15(12)20-17)18-10-13-6-2-4-8-16(13)21-18/h1-11,14H. The summed E-state index contributed by atoms with van der Waals surface area (Å²) in [6.07, 6.45) is 0.857. The Morgan fingerprint density at radius 1 is 0.762 bits per heavy atom. The van der Waals surface area contributed by atoms with Crippen molar-refractivity contribution in [3.63, 3.8) is 0 Å². The summed E-state index contributed by atoms with van der Waals surface area (Å²) >= 11 is 0. The maximum atomic E-state index is 11.5. The number of furan rings is 2. The zero-order valence-corrected chi connectivity index (χ0v) is 11.2. The van der Waals surface area contributed by atoms with E-state index < -0.39 is 5.92 Å². The highest BCUT2D eigenvalue weighted by molar-refractivity contribution is 5.82. The molecule has 0 aliphatic carbocycles. The second kappa shape index (κ2) is 4.63. The molecule has 3 heteroatoms. The van der Waals surface area contributed by atoms with Gasteiger partial charge in [-0.25, -0.2) is 0 Å². The van der Waals surface area contributed by atoms with E-state index in [0.717, 1.165) is 28.2 Å². The molecule has 3 nitrogen and oxygen atoms in total. The van der Waals surface area contributed by atoms with E-state index in [-0.39, 0.29) is 0 Å². The zero-order valence-electron chi connectivity index (χ0n) is 11.2. The zero-order chi connectivity index (χ0) is 14.2. The number of aldehydes is 1. The predicted molar refractivity (Wildman–Crippen MR) is 80.3 cm³/mol. The summed E-state index contributed by atoms with van der Waals surface area (Å²) in [5.41, 5.74) is 1.55. The molecule has 102 valence electrons. The summed E-state index contributed by atoms with van der Waals surface area (Å²) in [4.78, 5) is 11.5. The Hall–Kier alpha value is -2.81. The first kappa shape index (κ1) is 12.0. The van der Waals surface area contributed by atoms with Gasteiger partial charge in [0.2, 0.25) is 0 Å². The van der Waals surface area contributed by atoms with E-state index in [1.54, 1.807) is 0 Å². The molecule has 0 bridgehead atoms. The van der Waals surface area contributed by atoms with Gasteiger partial charge in [-0.1, -0.05) is 36.4 Å². The van der Waals surface area contributed by atoms with Crippen molar-refractivity contribution in [1.82, 2.24) is 0 Å².